The Balaban J connectivity index is 0. The van der Waals surface area contributed by atoms with Crippen LogP contribution in [0, 0.1) is 0 Å². The molecule has 0 aliphatic heterocycles. The summed E-state index contributed by atoms with van der Waals surface area (Å²) in [5.41, 5.74) is 0. The van der Waals surface area contributed by atoms with E-state index < -0.39 is 0 Å². The van der Waals surface area contributed by atoms with Crippen molar-refractivity contribution >= 4 is 5.91 Å². The van der Waals surface area contributed by atoms with E-state index in [1.165, 1.54) is 6.92 Å². The zero-order chi connectivity index (χ0) is 7.11. The second kappa shape index (κ2) is 10.1. The fourth-order valence-electron chi connectivity index (χ4n) is 0.502. The molecule has 0 bridgehead atoms. The SMILES string of the molecule is C[N-]CCCNC(C)=O.[K+]. The Hall–Kier alpha value is 1.07. The molecule has 0 aliphatic rings. The number of hydrogen-bond donors (Lipinski definition) is 1. The zero-order valence-corrected chi connectivity index (χ0v) is 10.1. The maximum Gasteiger partial charge on any atom is 1.00 e. The Morgan fingerprint density at radius 1 is 1.60 bits per heavy atom. The minimum Gasteiger partial charge on any atom is -0.665 e. The molecule has 0 rings (SSSR count). The van der Waals surface area contributed by atoms with E-state index in [9.17, 15) is 4.79 Å². The maximum absolute atomic E-state index is 10.3. The van der Waals surface area contributed by atoms with Gasteiger partial charge in [-0.05, 0) is 0 Å². The van der Waals surface area contributed by atoms with Crippen LogP contribution < -0.4 is 56.7 Å². The van der Waals surface area contributed by atoms with Crippen LogP contribution in [0.25, 0.3) is 5.32 Å². The molecule has 0 saturated carbocycles. The van der Waals surface area contributed by atoms with Gasteiger partial charge in [0.05, 0.1) is 0 Å². The van der Waals surface area contributed by atoms with Gasteiger partial charge in [-0.15, -0.1) is 6.54 Å². The predicted molar refractivity (Wildman–Crippen MR) is 37.5 cm³/mol. The topological polar surface area (TPSA) is 43.2 Å². The summed E-state index contributed by atoms with van der Waals surface area (Å²) in [6.07, 6.45) is 0.941. The van der Waals surface area contributed by atoms with E-state index >= 15 is 0 Å². The molecule has 0 aliphatic carbocycles. The van der Waals surface area contributed by atoms with Crippen LogP contribution in [0.1, 0.15) is 13.3 Å². The standard InChI is InChI=1S/C6H13N2O.K/c1-6(9)8-5-3-4-7-2;/h3-5H2,1-2H3,(H,8,9);/q-1;+1. The van der Waals surface area contributed by atoms with Crippen molar-refractivity contribution in [3.05, 3.63) is 5.32 Å². The Morgan fingerprint density at radius 2 is 2.20 bits per heavy atom. The van der Waals surface area contributed by atoms with E-state index in [4.69, 9.17) is 0 Å². The van der Waals surface area contributed by atoms with Crippen LogP contribution in [0.4, 0.5) is 0 Å². The first-order valence-corrected chi connectivity index (χ1v) is 3.07. The molecule has 3 nitrogen and oxygen atoms in total. The second-order valence-electron chi connectivity index (χ2n) is 1.88. The molecule has 0 spiro atoms. The molecular weight excluding hydrogens is 155 g/mol. The molecule has 0 unspecified atom stereocenters. The van der Waals surface area contributed by atoms with Gasteiger partial charge < -0.3 is 10.6 Å². The molecule has 0 aromatic rings. The second-order valence-corrected chi connectivity index (χ2v) is 1.88. The number of amides is 1. The largest absolute Gasteiger partial charge is 1.00 e. The van der Waals surface area contributed by atoms with Crippen molar-refractivity contribution in [2.75, 3.05) is 20.1 Å². The molecule has 0 aromatic heterocycles. The van der Waals surface area contributed by atoms with Crippen LogP contribution in [-0.2, 0) is 4.79 Å². The molecule has 0 atom stereocenters. The normalized spacial score (nSPS) is 8.20. The summed E-state index contributed by atoms with van der Waals surface area (Å²) < 4.78 is 0. The van der Waals surface area contributed by atoms with Crippen LogP contribution in [0.15, 0.2) is 0 Å². The average Bonchev–Trinajstić information content (AvgIpc) is 1.80. The molecule has 1 amide bonds. The van der Waals surface area contributed by atoms with Crippen LogP contribution >= 0.6 is 0 Å². The van der Waals surface area contributed by atoms with Crippen LogP contribution in [0.3, 0.4) is 0 Å². The molecule has 0 saturated heterocycles. The summed E-state index contributed by atoms with van der Waals surface area (Å²) in [6, 6.07) is 0. The Labute approximate surface area is 105 Å². The van der Waals surface area contributed by atoms with Crippen molar-refractivity contribution in [1.29, 1.82) is 0 Å². The van der Waals surface area contributed by atoms with Gasteiger partial charge in [0.25, 0.3) is 0 Å². The molecule has 1 N–H and O–H groups in total. The van der Waals surface area contributed by atoms with Crippen LogP contribution in [0.2, 0.25) is 0 Å². The first-order chi connectivity index (χ1) is 4.27. The number of carbonyl (C=O) groups is 1. The molecule has 0 fully saturated rings. The third-order valence-corrected chi connectivity index (χ3v) is 0.932. The van der Waals surface area contributed by atoms with E-state index in [0.29, 0.717) is 0 Å². The zero-order valence-electron chi connectivity index (χ0n) is 6.98. The summed E-state index contributed by atoms with van der Waals surface area (Å²) >= 11 is 0. The summed E-state index contributed by atoms with van der Waals surface area (Å²) in [7, 11) is 1.77. The van der Waals surface area contributed by atoms with Crippen molar-refractivity contribution in [3.63, 3.8) is 0 Å². The summed E-state index contributed by atoms with van der Waals surface area (Å²) in [6.45, 7) is 3.09. The van der Waals surface area contributed by atoms with Gasteiger partial charge in [-0.3, -0.25) is 4.79 Å². The van der Waals surface area contributed by atoms with Gasteiger partial charge in [0.15, 0.2) is 0 Å². The first kappa shape index (κ1) is 13.6. The minimum atomic E-state index is 0. The summed E-state index contributed by atoms with van der Waals surface area (Å²) in [4.78, 5) is 10.3. The van der Waals surface area contributed by atoms with E-state index in [2.05, 4.69) is 10.6 Å². The van der Waals surface area contributed by atoms with Gasteiger partial charge in [0.2, 0.25) is 5.91 Å². The predicted octanol–water partition coefficient (Wildman–Crippen LogP) is -2.48. The van der Waals surface area contributed by atoms with Gasteiger partial charge in [-0.1, -0.05) is 6.42 Å². The number of carbonyl (C=O) groups excluding carboxylic acids is 1. The monoisotopic (exact) mass is 168 g/mol. The number of nitrogens with zero attached hydrogens (tertiary/aromatic N) is 1. The number of hydrogen-bond acceptors (Lipinski definition) is 1. The third kappa shape index (κ3) is 11.8. The Bertz CT molecular complexity index is 87.8. The fourth-order valence-corrected chi connectivity index (χ4v) is 0.502. The fraction of sp³-hybridized carbons (Fsp3) is 0.833. The van der Waals surface area contributed by atoms with E-state index in [1.807, 2.05) is 0 Å². The Kier molecular flexibility index (Phi) is 13.7. The van der Waals surface area contributed by atoms with Gasteiger partial charge in [0, 0.05) is 13.5 Å². The first-order valence-electron chi connectivity index (χ1n) is 3.07. The molecular formula is C6H13KN2O. The molecule has 54 valence electrons. The average molecular weight is 168 g/mol. The van der Waals surface area contributed by atoms with E-state index in [0.717, 1.165) is 19.5 Å². The molecule has 0 radical (unpaired) electrons. The van der Waals surface area contributed by atoms with Crippen molar-refractivity contribution in [3.8, 4) is 0 Å². The Morgan fingerprint density at radius 3 is 2.60 bits per heavy atom. The van der Waals surface area contributed by atoms with Crippen LogP contribution in [0.5, 0.6) is 0 Å². The van der Waals surface area contributed by atoms with E-state index in [-0.39, 0.29) is 57.3 Å². The van der Waals surface area contributed by atoms with Gasteiger partial charge in [0.1, 0.15) is 0 Å². The third-order valence-electron chi connectivity index (χ3n) is 0.932. The van der Waals surface area contributed by atoms with Gasteiger partial charge >= 0.3 is 51.4 Å². The van der Waals surface area contributed by atoms with E-state index in [1.54, 1.807) is 7.05 Å². The molecule has 10 heavy (non-hydrogen) atoms. The quantitative estimate of drug-likeness (QED) is 0.367. The summed E-state index contributed by atoms with van der Waals surface area (Å²) in [5, 5.41) is 6.56. The number of nitrogens with one attached hydrogen (secondary N) is 1. The molecule has 4 heteroatoms. The molecule has 0 heterocycles. The van der Waals surface area contributed by atoms with Crippen LogP contribution in [-0.4, -0.2) is 26.0 Å². The number of rotatable bonds is 4. The van der Waals surface area contributed by atoms with Gasteiger partial charge in [-0.25, -0.2) is 0 Å². The van der Waals surface area contributed by atoms with Crippen molar-refractivity contribution in [2.24, 2.45) is 0 Å². The smallest absolute Gasteiger partial charge is 0.665 e. The van der Waals surface area contributed by atoms with Crippen molar-refractivity contribution < 1.29 is 56.2 Å². The summed E-state index contributed by atoms with van der Waals surface area (Å²) in [5.74, 6) is 0.0334. The minimum absolute atomic E-state index is 0. The maximum atomic E-state index is 10.3. The molecule has 0 aromatic carbocycles. The van der Waals surface area contributed by atoms with Crippen molar-refractivity contribution in [1.82, 2.24) is 5.32 Å². The van der Waals surface area contributed by atoms with Gasteiger partial charge in [-0.2, -0.15) is 7.05 Å². The van der Waals surface area contributed by atoms with Crippen molar-refractivity contribution in [2.45, 2.75) is 13.3 Å².